The molecular formula is C16H19N3O3S. The first-order valence-corrected chi connectivity index (χ1v) is 9.39. The van der Waals surface area contributed by atoms with Gasteiger partial charge in [0, 0.05) is 24.5 Å². The molecule has 23 heavy (non-hydrogen) atoms. The molecule has 0 bridgehead atoms. The van der Waals surface area contributed by atoms with Crippen LogP contribution in [0.1, 0.15) is 22.3 Å². The number of benzene rings is 1. The van der Waals surface area contributed by atoms with Crippen molar-refractivity contribution in [2.45, 2.75) is 13.0 Å². The van der Waals surface area contributed by atoms with Crippen molar-refractivity contribution in [3.05, 3.63) is 53.9 Å². The Labute approximate surface area is 135 Å². The Balaban J connectivity index is 1.59. The molecule has 1 amide bonds. The Kier molecular flexibility index (Phi) is 4.47. The number of hydrogen-bond acceptors (Lipinski definition) is 4. The van der Waals surface area contributed by atoms with Gasteiger partial charge < -0.3 is 5.32 Å². The summed E-state index contributed by atoms with van der Waals surface area (Å²) in [5, 5.41) is 6.99. The van der Waals surface area contributed by atoms with E-state index < -0.39 is 9.84 Å². The SMILES string of the molecule is O=C(NCC1CCS(=O)(=O)C1)c1cccc(Cn2cccn2)c1. The molecule has 1 aromatic carbocycles. The largest absolute Gasteiger partial charge is 0.352 e. The molecule has 1 aromatic heterocycles. The summed E-state index contributed by atoms with van der Waals surface area (Å²) >= 11 is 0. The van der Waals surface area contributed by atoms with E-state index in [2.05, 4.69) is 10.4 Å². The van der Waals surface area contributed by atoms with Crippen molar-refractivity contribution >= 4 is 15.7 Å². The van der Waals surface area contributed by atoms with Crippen LogP contribution >= 0.6 is 0 Å². The number of sulfone groups is 1. The number of carbonyl (C=O) groups excluding carboxylic acids is 1. The van der Waals surface area contributed by atoms with Crippen molar-refractivity contribution in [1.29, 1.82) is 0 Å². The Morgan fingerprint density at radius 3 is 2.91 bits per heavy atom. The standard InChI is InChI=1S/C16H19N3O3S/c20-16(17-10-14-5-8-23(21,22)12-14)15-4-1-3-13(9-15)11-19-7-2-6-18-19/h1-4,6-7,9,14H,5,8,10-12H2,(H,17,20). The summed E-state index contributed by atoms with van der Waals surface area (Å²) in [5.74, 6) is 0.257. The quantitative estimate of drug-likeness (QED) is 0.888. The molecule has 0 saturated carbocycles. The minimum Gasteiger partial charge on any atom is -0.352 e. The third kappa shape index (κ3) is 4.19. The monoisotopic (exact) mass is 333 g/mol. The highest BCUT2D eigenvalue weighted by Crippen LogP contribution is 2.17. The van der Waals surface area contributed by atoms with Crippen LogP contribution in [0.25, 0.3) is 0 Å². The van der Waals surface area contributed by atoms with Crippen LogP contribution in [-0.2, 0) is 16.4 Å². The lowest BCUT2D eigenvalue weighted by Crippen LogP contribution is -2.29. The highest BCUT2D eigenvalue weighted by molar-refractivity contribution is 7.91. The summed E-state index contributed by atoms with van der Waals surface area (Å²) in [7, 11) is -2.90. The lowest BCUT2D eigenvalue weighted by molar-refractivity contribution is 0.0948. The lowest BCUT2D eigenvalue weighted by atomic mass is 10.1. The minimum atomic E-state index is -2.90. The Hall–Kier alpha value is -2.15. The normalized spacial score (nSPS) is 19.6. The van der Waals surface area contributed by atoms with Gasteiger partial charge in [-0.3, -0.25) is 9.48 Å². The highest BCUT2D eigenvalue weighted by atomic mass is 32.2. The van der Waals surface area contributed by atoms with Crippen LogP contribution in [0.5, 0.6) is 0 Å². The molecule has 2 aromatic rings. The average molecular weight is 333 g/mol. The highest BCUT2D eigenvalue weighted by Gasteiger charge is 2.27. The zero-order valence-corrected chi connectivity index (χ0v) is 13.5. The summed E-state index contributed by atoms with van der Waals surface area (Å²) in [6.45, 7) is 1.01. The predicted octanol–water partition coefficient (Wildman–Crippen LogP) is 1.10. The fourth-order valence-corrected chi connectivity index (χ4v) is 4.63. The molecule has 0 spiro atoms. The smallest absolute Gasteiger partial charge is 0.251 e. The minimum absolute atomic E-state index is 0.0243. The molecule has 1 fully saturated rings. The lowest BCUT2D eigenvalue weighted by Gasteiger charge is -2.10. The second-order valence-electron chi connectivity index (χ2n) is 5.88. The molecule has 3 rings (SSSR count). The predicted molar refractivity (Wildman–Crippen MR) is 86.9 cm³/mol. The maximum atomic E-state index is 12.2. The summed E-state index contributed by atoms with van der Waals surface area (Å²) in [5.41, 5.74) is 1.57. The van der Waals surface area contributed by atoms with Gasteiger partial charge in [0.15, 0.2) is 9.84 Å². The molecule has 6 nitrogen and oxygen atoms in total. The first kappa shape index (κ1) is 15.7. The van der Waals surface area contributed by atoms with Crippen LogP contribution in [0.2, 0.25) is 0 Å². The zero-order chi connectivity index (χ0) is 16.3. The molecule has 1 atom stereocenters. The molecule has 1 unspecified atom stereocenters. The number of nitrogens with one attached hydrogen (secondary N) is 1. The average Bonchev–Trinajstić information content (AvgIpc) is 3.14. The number of aromatic nitrogens is 2. The molecule has 1 saturated heterocycles. The van der Waals surface area contributed by atoms with Crippen molar-refractivity contribution in [3.8, 4) is 0 Å². The van der Waals surface area contributed by atoms with Crippen molar-refractivity contribution in [1.82, 2.24) is 15.1 Å². The van der Waals surface area contributed by atoms with Gasteiger partial charge in [-0.25, -0.2) is 8.42 Å². The van der Waals surface area contributed by atoms with E-state index in [0.29, 0.717) is 25.1 Å². The third-order valence-corrected chi connectivity index (χ3v) is 5.81. The number of rotatable bonds is 5. The van der Waals surface area contributed by atoms with E-state index in [1.807, 2.05) is 30.5 Å². The maximum Gasteiger partial charge on any atom is 0.251 e. The van der Waals surface area contributed by atoms with Gasteiger partial charge in [-0.1, -0.05) is 12.1 Å². The summed E-state index contributed by atoms with van der Waals surface area (Å²) in [6.07, 6.45) is 4.21. The summed E-state index contributed by atoms with van der Waals surface area (Å²) in [6, 6.07) is 9.23. The van der Waals surface area contributed by atoms with Crippen molar-refractivity contribution in [2.75, 3.05) is 18.1 Å². The van der Waals surface area contributed by atoms with Crippen LogP contribution in [0.15, 0.2) is 42.7 Å². The number of nitrogens with zero attached hydrogens (tertiary/aromatic N) is 2. The van der Waals surface area contributed by atoms with Crippen LogP contribution in [-0.4, -0.2) is 42.2 Å². The maximum absolute atomic E-state index is 12.2. The van der Waals surface area contributed by atoms with Crippen LogP contribution < -0.4 is 5.32 Å². The van der Waals surface area contributed by atoms with Gasteiger partial charge in [-0.2, -0.15) is 5.10 Å². The second-order valence-corrected chi connectivity index (χ2v) is 8.11. The molecular weight excluding hydrogens is 314 g/mol. The molecule has 0 aliphatic carbocycles. The van der Waals surface area contributed by atoms with Gasteiger partial charge in [0.1, 0.15) is 0 Å². The van der Waals surface area contributed by atoms with E-state index >= 15 is 0 Å². The van der Waals surface area contributed by atoms with Gasteiger partial charge in [0.25, 0.3) is 5.91 Å². The van der Waals surface area contributed by atoms with Crippen LogP contribution in [0.4, 0.5) is 0 Å². The molecule has 0 radical (unpaired) electrons. The molecule has 1 N–H and O–H groups in total. The van der Waals surface area contributed by atoms with E-state index in [1.165, 1.54) is 0 Å². The Morgan fingerprint density at radius 1 is 1.35 bits per heavy atom. The van der Waals surface area contributed by atoms with Crippen molar-refractivity contribution in [2.24, 2.45) is 5.92 Å². The van der Waals surface area contributed by atoms with E-state index in [0.717, 1.165) is 5.56 Å². The summed E-state index contributed by atoms with van der Waals surface area (Å²) in [4.78, 5) is 12.2. The topological polar surface area (TPSA) is 81.1 Å². The molecule has 2 heterocycles. The van der Waals surface area contributed by atoms with Gasteiger partial charge in [0.05, 0.1) is 18.1 Å². The Morgan fingerprint density at radius 2 is 2.22 bits per heavy atom. The number of amides is 1. The van der Waals surface area contributed by atoms with E-state index in [-0.39, 0.29) is 23.3 Å². The third-order valence-electron chi connectivity index (χ3n) is 3.97. The van der Waals surface area contributed by atoms with Gasteiger partial charge >= 0.3 is 0 Å². The Bertz CT molecular complexity index is 785. The fourth-order valence-electron chi connectivity index (χ4n) is 2.76. The molecule has 1 aliphatic heterocycles. The first-order valence-electron chi connectivity index (χ1n) is 7.57. The zero-order valence-electron chi connectivity index (χ0n) is 12.7. The van der Waals surface area contributed by atoms with Crippen molar-refractivity contribution < 1.29 is 13.2 Å². The summed E-state index contributed by atoms with van der Waals surface area (Å²) < 4.78 is 24.7. The van der Waals surface area contributed by atoms with Gasteiger partial charge in [0.2, 0.25) is 0 Å². The number of hydrogen-bond donors (Lipinski definition) is 1. The van der Waals surface area contributed by atoms with Crippen molar-refractivity contribution in [3.63, 3.8) is 0 Å². The number of carbonyl (C=O) groups is 1. The van der Waals surface area contributed by atoms with Gasteiger partial charge in [-0.15, -0.1) is 0 Å². The first-order chi connectivity index (χ1) is 11.0. The molecule has 122 valence electrons. The van der Waals surface area contributed by atoms with Gasteiger partial charge in [-0.05, 0) is 36.1 Å². The molecule has 1 aliphatic rings. The van der Waals surface area contributed by atoms with E-state index in [1.54, 1.807) is 16.9 Å². The van der Waals surface area contributed by atoms with E-state index in [9.17, 15) is 13.2 Å². The molecule has 7 heteroatoms. The van der Waals surface area contributed by atoms with E-state index in [4.69, 9.17) is 0 Å². The van der Waals surface area contributed by atoms with Crippen LogP contribution in [0.3, 0.4) is 0 Å². The fraction of sp³-hybridized carbons (Fsp3) is 0.375. The van der Waals surface area contributed by atoms with Crippen LogP contribution in [0, 0.1) is 5.92 Å². The second kappa shape index (κ2) is 6.54.